The summed E-state index contributed by atoms with van der Waals surface area (Å²) in [5.74, 6) is 1.09. The van der Waals surface area contributed by atoms with Gasteiger partial charge in [-0.2, -0.15) is 5.10 Å². The van der Waals surface area contributed by atoms with E-state index in [-0.39, 0.29) is 12.0 Å². The van der Waals surface area contributed by atoms with Crippen LogP contribution in [0.5, 0.6) is 11.6 Å². The van der Waals surface area contributed by atoms with Crippen molar-refractivity contribution in [2.75, 3.05) is 7.11 Å². The number of methoxy groups -OCH3 is 1. The van der Waals surface area contributed by atoms with E-state index in [1.54, 1.807) is 36.3 Å². The Morgan fingerprint density at radius 2 is 1.93 bits per heavy atom. The first-order chi connectivity index (χ1) is 13.0. The van der Waals surface area contributed by atoms with Gasteiger partial charge in [0.25, 0.3) is 5.91 Å². The molecule has 1 N–H and O–H groups in total. The first kappa shape index (κ1) is 18.4. The maximum absolute atomic E-state index is 12.3. The van der Waals surface area contributed by atoms with Gasteiger partial charge in [0.1, 0.15) is 5.75 Å². The monoisotopic (exact) mass is 366 g/mol. The summed E-state index contributed by atoms with van der Waals surface area (Å²) < 4.78 is 12.3. The Balaban J connectivity index is 1.59. The van der Waals surface area contributed by atoms with Gasteiger partial charge in [-0.25, -0.2) is 9.67 Å². The highest BCUT2D eigenvalue weighted by atomic mass is 16.5. The molecule has 0 fully saturated rings. The Morgan fingerprint density at radius 1 is 1.15 bits per heavy atom. The Kier molecular flexibility index (Phi) is 5.71. The minimum Gasteiger partial charge on any atom is -0.497 e. The number of aromatic nitrogens is 3. The number of pyridine rings is 1. The number of hydrogen-bond donors (Lipinski definition) is 1. The quantitative estimate of drug-likeness (QED) is 0.695. The van der Waals surface area contributed by atoms with Crippen molar-refractivity contribution in [3.05, 3.63) is 66.1 Å². The summed E-state index contributed by atoms with van der Waals surface area (Å²) in [5, 5.41) is 7.17. The third-order valence-electron chi connectivity index (χ3n) is 3.77. The lowest BCUT2D eigenvalue weighted by Gasteiger charge is -2.09. The number of carbonyl (C=O) groups is 1. The van der Waals surface area contributed by atoms with Crippen molar-refractivity contribution >= 4 is 5.91 Å². The van der Waals surface area contributed by atoms with Crippen LogP contribution in [0, 0.1) is 0 Å². The average Bonchev–Trinajstić information content (AvgIpc) is 3.17. The molecular weight excluding hydrogens is 344 g/mol. The van der Waals surface area contributed by atoms with Crippen LogP contribution in [0.3, 0.4) is 0 Å². The van der Waals surface area contributed by atoms with E-state index < -0.39 is 0 Å². The molecule has 1 aromatic carbocycles. The van der Waals surface area contributed by atoms with E-state index in [0.29, 0.717) is 18.1 Å². The van der Waals surface area contributed by atoms with Crippen LogP contribution in [0.25, 0.3) is 5.69 Å². The molecule has 7 heteroatoms. The van der Waals surface area contributed by atoms with Crippen molar-refractivity contribution in [2.24, 2.45) is 0 Å². The maximum atomic E-state index is 12.3. The Hall–Kier alpha value is -3.35. The van der Waals surface area contributed by atoms with Gasteiger partial charge in [-0.05, 0) is 49.7 Å². The van der Waals surface area contributed by atoms with Gasteiger partial charge >= 0.3 is 0 Å². The highest BCUT2D eigenvalue weighted by Gasteiger charge is 2.10. The molecule has 0 saturated carbocycles. The van der Waals surface area contributed by atoms with Gasteiger partial charge in [-0.15, -0.1) is 0 Å². The predicted molar refractivity (Wildman–Crippen MR) is 101 cm³/mol. The van der Waals surface area contributed by atoms with Gasteiger partial charge in [0.2, 0.25) is 5.88 Å². The van der Waals surface area contributed by atoms with Gasteiger partial charge in [-0.1, -0.05) is 6.07 Å². The van der Waals surface area contributed by atoms with Crippen LogP contribution in [0.2, 0.25) is 0 Å². The molecule has 1 amide bonds. The van der Waals surface area contributed by atoms with Crippen molar-refractivity contribution in [3.63, 3.8) is 0 Å². The number of amides is 1. The zero-order chi connectivity index (χ0) is 19.2. The Bertz CT molecular complexity index is 886. The van der Waals surface area contributed by atoms with Crippen LogP contribution < -0.4 is 14.8 Å². The van der Waals surface area contributed by atoms with E-state index in [1.807, 2.05) is 44.2 Å². The van der Waals surface area contributed by atoms with Crippen LogP contribution in [0.4, 0.5) is 0 Å². The predicted octanol–water partition coefficient (Wildman–Crippen LogP) is 2.99. The van der Waals surface area contributed by atoms with Crippen molar-refractivity contribution in [3.8, 4) is 17.3 Å². The summed E-state index contributed by atoms with van der Waals surface area (Å²) in [6.07, 6.45) is 3.51. The molecule has 0 aliphatic heterocycles. The van der Waals surface area contributed by atoms with Gasteiger partial charge in [0.05, 0.1) is 18.9 Å². The second kappa shape index (κ2) is 8.35. The van der Waals surface area contributed by atoms with Gasteiger partial charge in [0.15, 0.2) is 5.69 Å². The van der Waals surface area contributed by atoms with Crippen LogP contribution in [-0.2, 0) is 6.54 Å². The van der Waals surface area contributed by atoms with E-state index in [9.17, 15) is 4.79 Å². The lowest BCUT2D eigenvalue weighted by molar-refractivity contribution is 0.0945. The zero-order valence-corrected chi connectivity index (χ0v) is 15.5. The molecule has 2 aromatic heterocycles. The highest BCUT2D eigenvalue weighted by Crippen LogP contribution is 2.14. The molecule has 140 valence electrons. The molecule has 0 saturated heterocycles. The number of carbonyl (C=O) groups excluding carboxylic acids is 1. The van der Waals surface area contributed by atoms with Gasteiger partial charge in [0, 0.05) is 25.0 Å². The Labute approximate surface area is 158 Å². The van der Waals surface area contributed by atoms with E-state index >= 15 is 0 Å². The smallest absolute Gasteiger partial charge is 0.272 e. The lowest BCUT2D eigenvalue weighted by Crippen LogP contribution is -2.23. The first-order valence-corrected chi connectivity index (χ1v) is 8.65. The molecule has 27 heavy (non-hydrogen) atoms. The molecule has 3 aromatic rings. The van der Waals surface area contributed by atoms with Crippen LogP contribution in [-0.4, -0.2) is 33.9 Å². The van der Waals surface area contributed by atoms with Crippen molar-refractivity contribution in [2.45, 2.75) is 26.5 Å². The molecule has 0 aliphatic rings. The van der Waals surface area contributed by atoms with E-state index in [0.717, 1.165) is 17.0 Å². The number of nitrogens with one attached hydrogen (secondary N) is 1. The molecular formula is C20H22N4O3. The van der Waals surface area contributed by atoms with Gasteiger partial charge in [-0.3, -0.25) is 4.79 Å². The summed E-state index contributed by atoms with van der Waals surface area (Å²) in [6.45, 7) is 4.25. The molecule has 0 spiro atoms. The SMILES string of the molecule is COc1ccc(-n2ccc(C(=O)NCc3ccc(OC(C)C)nc3)n2)cc1. The third kappa shape index (κ3) is 4.84. The summed E-state index contributed by atoms with van der Waals surface area (Å²) in [5.41, 5.74) is 2.08. The second-order valence-corrected chi connectivity index (χ2v) is 6.20. The summed E-state index contributed by atoms with van der Waals surface area (Å²) in [6, 6.07) is 12.8. The number of rotatable bonds is 7. The number of benzene rings is 1. The number of nitrogens with zero attached hydrogens (tertiary/aromatic N) is 3. The molecule has 3 rings (SSSR count). The topological polar surface area (TPSA) is 78.3 Å². The first-order valence-electron chi connectivity index (χ1n) is 8.65. The summed E-state index contributed by atoms with van der Waals surface area (Å²) in [4.78, 5) is 16.5. The van der Waals surface area contributed by atoms with Crippen molar-refractivity contribution < 1.29 is 14.3 Å². The molecule has 0 radical (unpaired) electrons. The van der Waals surface area contributed by atoms with Crippen molar-refractivity contribution in [1.29, 1.82) is 0 Å². The molecule has 0 aliphatic carbocycles. The molecule has 0 atom stereocenters. The molecule has 0 bridgehead atoms. The standard InChI is InChI=1S/C20H22N4O3/c1-14(2)27-19-9-4-15(12-21-19)13-22-20(25)18-10-11-24(23-18)16-5-7-17(26-3)8-6-16/h4-12,14H,13H2,1-3H3,(H,22,25). The molecule has 2 heterocycles. The van der Waals surface area contributed by atoms with E-state index in [1.165, 1.54) is 0 Å². The van der Waals surface area contributed by atoms with Crippen molar-refractivity contribution in [1.82, 2.24) is 20.1 Å². The second-order valence-electron chi connectivity index (χ2n) is 6.20. The molecule has 7 nitrogen and oxygen atoms in total. The average molecular weight is 366 g/mol. The normalized spacial score (nSPS) is 10.7. The van der Waals surface area contributed by atoms with Crippen LogP contribution in [0.1, 0.15) is 29.9 Å². The molecule has 0 unspecified atom stereocenters. The fourth-order valence-electron chi connectivity index (χ4n) is 2.42. The number of ether oxygens (including phenoxy) is 2. The van der Waals surface area contributed by atoms with E-state index in [2.05, 4.69) is 15.4 Å². The number of hydrogen-bond acceptors (Lipinski definition) is 5. The largest absolute Gasteiger partial charge is 0.497 e. The highest BCUT2D eigenvalue weighted by molar-refractivity contribution is 5.92. The van der Waals surface area contributed by atoms with Crippen LogP contribution >= 0.6 is 0 Å². The van der Waals surface area contributed by atoms with E-state index in [4.69, 9.17) is 9.47 Å². The summed E-state index contributed by atoms with van der Waals surface area (Å²) in [7, 11) is 1.62. The fraction of sp³-hybridized carbons (Fsp3) is 0.250. The lowest BCUT2D eigenvalue weighted by atomic mass is 10.3. The fourth-order valence-corrected chi connectivity index (χ4v) is 2.42. The van der Waals surface area contributed by atoms with Crippen LogP contribution in [0.15, 0.2) is 54.9 Å². The Morgan fingerprint density at radius 3 is 2.56 bits per heavy atom. The summed E-state index contributed by atoms with van der Waals surface area (Å²) >= 11 is 0. The maximum Gasteiger partial charge on any atom is 0.272 e. The minimum atomic E-state index is -0.246. The third-order valence-corrected chi connectivity index (χ3v) is 3.77. The minimum absolute atomic E-state index is 0.0730. The zero-order valence-electron chi connectivity index (χ0n) is 15.5. The van der Waals surface area contributed by atoms with Gasteiger partial charge < -0.3 is 14.8 Å².